The van der Waals surface area contributed by atoms with Gasteiger partial charge in [0.2, 0.25) is 0 Å². The zero-order valence-corrected chi connectivity index (χ0v) is 10.4. The van der Waals surface area contributed by atoms with E-state index in [1.807, 2.05) is 20.8 Å². The first-order valence-corrected chi connectivity index (χ1v) is 5.32. The molecule has 4 nitrogen and oxygen atoms in total. The highest BCUT2D eigenvalue weighted by atomic mass is 16.5. The van der Waals surface area contributed by atoms with Gasteiger partial charge in [-0.3, -0.25) is 4.79 Å². The van der Waals surface area contributed by atoms with Gasteiger partial charge in [0.05, 0.1) is 12.0 Å². The first-order valence-electron chi connectivity index (χ1n) is 5.32. The molecule has 0 aliphatic heterocycles. The van der Waals surface area contributed by atoms with E-state index in [2.05, 4.69) is 5.32 Å². The first kappa shape index (κ1) is 14.4. The van der Waals surface area contributed by atoms with Crippen molar-refractivity contribution in [3.8, 4) is 0 Å². The van der Waals surface area contributed by atoms with Crippen LogP contribution in [0.2, 0.25) is 0 Å². The second-order valence-electron chi connectivity index (χ2n) is 4.68. The van der Waals surface area contributed by atoms with Crippen LogP contribution in [0.25, 0.3) is 0 Å². The highest BCUT2D eigenvalue weighted by molar-refractivity contribution is 5.75. The molecule has 0 aliphatic rings. The molecule has 0 unspecified atom stereocenters. The molecule has 0 rings (SSSR count). The van der Waals surface area contributed by atoms with Crippen molar-refractivity contribution in [2.24, 2.45) is 5.41 Å². The van der Waals surface area contributed by atoms with Crippen molar-refractivity contribution in [3.05, 3.63) is 0 Å². The molecule has 0 aromatic rings. The SMILES string of the molecule is CCOCCNC(C)(C)C(C)(C)C(=O)O. The quantitative estimate of drug-likeness (QED) is 0.634. The largest absolute Gasteiger partial charge is 0.481 e. The second kappa shape index (κ2) is 5.47. The average Bonchev–Trinajstić information content (AvgIpc) is 2.12. The van der Waals surface area contributed by atoms with Crippen LogP contribution in [0.15, 0.2) is 0 Å². The summed E-state index contributed by atoms with van der Waals surface area (Å²) in [6.07, 6.45) is 0. The Morgan fingerprint density at radius 2 is 1.87 bits per heavy atom. The van der Waals surface area contributed by atoms with Gasteiger partial charge < -0.3 is 15.2 Å². The molecule has 0 aromatic heterocycles. The van der Waals surface area contributed by atoms with Crippen LogP contribution in [0, 0.1) is 5.41 Å². The molecule has 0 spiro atoms. The van der Waals surface area contributed by atoms with E-state index in [4.69, 9.17) is 9.84 Å². The smallest absolute Gasteiger partial charge is 0.310 e. The van der Waals surface area contributed by atoms with Gasteiger partial charge in [0.1, 0.15) is 0 Å². The van der Waals surface area contributed by atoms with Gasteiger partial charge in [-0.25, -0.2) is 0 Å². The molecular formula is C11H23NO3. The van der Waals surface area contributed by atoms with Crippen LogP contribution in [0.4, 0.5) is 0 Å². The molecule has 0 saturated carbocycles. The van der Waals surface area contributed by atoms with Crippen LogP contribution in [0.1, 0.15) is 34.6 Å². The fourth-order valence-electron chi connectivity index (χ4n) is 1.07. The zero-order chi connectivity index (χ0) is 12.1. The van der Waals surface area contributed by atoms with Crippen LogP contribution < -0.4 is 5.32 Å². The fourth-order valence-corrected chi connectivity index (χ4v) is 1.07. The summed E-state index contributed by atoms with van der Waals surface area (Å²) in [6.45, 7) is 11.1. The van der Waals surface area contributed by atoms with Gasteiger partial charge in [0.15, 0.2) is 0 Å². The van der Waals surface area contributed by atoms with E-state index in [-0.39, 0.29) is 0 Å². The average molecular weight is 217 g/mol. The van der Waals surface area contributed by atoms with Crippen molar-refractivity contribution in [1.29, 1.82) is 0 Å². The van der Waals surface area contributed by atoms with Gasteiger partial charge in [-0.05, 0) is 34.6 Å². The van der Waals surface area contributed by atoms with E-state index in [0.29, 0.717) is 19.8 Å². The van der Waals surface area contributed by atoms with E-state index in [1.54, 1.807) is 13.8 Å². The number of carbonyl (C=O) groups is 1. The Morgan fingerprint density at radius 1 is 1.33 bits per heavy atom. The van der Waals surface area contributed by atoms with Gasteiger partial charge in [-0.2, -0.15) is 0 Å². The highest BCUT2D eigenvalue weighted by Gasteiger charge is 2.42. The van der Waals surface area contributed by atoms with E-state index in [9.17, 15) is 4.79 Å². The molecule has 0 fully saturated rings. The van der Waals surface area contributed by atoms with E-state index in [0.717, 1.165) is 0 Å². The molecule has 0 radical (unpaired) electrons. The monoisotopic (exact) mass is 217 g/mol. The molecule has 15 heavy (non-hydrogen) atoms. The Bertz CT molecular complexity index is 212. The van der Waals surface area contributed by atoms with Crippen molar-refractivity contribution in [2.45, 2.75) is 40.2 Å². The minimum atomic E-state index is -0.806. The number of aliphatic carboxylic acids is 1. The maximum absolute atomic E-state index is 11.1. The first-order chi connectivity index (χ1) is 6.75. The van der Waals surface area contributed by atoms with Gasteiger partial charge in [-0.1, -0.05) is 0 Å². The Morgan fingerprint density at radius 3 is 2.27 bits per heavy atom. The molecule has 0 aliphatic carbocycles. The Labute approximate surface area is 92.0 Å². The normalized spacial score (nSPS) is 12.9. The number of hydrogen-bond acceptors (Lipinski definition) is 3. The molecule has 2 N–H and O–H groups in total. The number of rotatable bonds is 7. The van der Waals surface area contributed by atoms with Crippen molar-refractivity contribution >= 4 is 5.97 Å². The Kier molecular flexibility index (Phi) is 5.24. The third kappa shape index (κ3) is 3.80. The third-order valence-corrected chi connectivity index (χ3v) is 3.11. The molecule has 4 heteroatoms. The summed E-state index contributed by atoms with van der Waals surface area (Å²) in [6, 6.07) is 0. The molecule has 0 aromatic carbocycles. The van der Waals surface area contributed by atoms with Crippen LogP contribution >= 0.6 is 0 Å². The summed E-state index contributed by atoms with van der Waals surface area (Å²) in [7, 11) is 0. The van der Waals surface area contributed by atoms with Gasteiger partial charge in [0.25, 0.3) is 0 Å². The summed E-state index contributed by atoms with van der Waals surface area (Å²) < 4.78 is 5.19. The van der Waals surface area contributed by atoms with Crippen LogP contribution in [0.3, 0.4) is 0 Å². The lowest BCUT2D eigenvalue weighted by molar-refractivity contribution is -0.151. The standard InChI is InChI=1S/C11H23NO3/c1-6-15-8-7-12-11(4,5)10(2,3)9(13)14/h12H,6-8H2,1-5H3,(H,13,14). The number of carboxylic acids is 1. The minimum absolute atomic E-state index is 0.462. The van der Waals surface area contributed by atoms with E-state index >= 15 is 0 Å². The minimum Gasteiger partial charge on any atom is -0.481 e. The topological polar surface area (TPSA) is 58.6 Å². The van der Waals surface area contributed by atoms with E-state index in [1.165, 1.54) is 0 Å². The number of hydrogen-bond donors (Lipinski definition) is 2. The predicted octanol–water partition coefficient (Wildman–Crippen LogP) is 1.50. The summed E-state index contributed by atoms with van der Waals surface area (Å²) in [5.74, 6) is -0.795. The van der Waals surface area contributed by atoms with Crippen molar-refractivity contribution in [3.63, 3.8) is 0 Å². The van der Waals surface area contributed by atoms with E-state index < -0.39 is 16.9 Å². The maximum atomic E-state index is 11.1. The zero-order valence-electron chi connectivity index (χ0n) is 10.4. The summed E-state index contributed by atoms with van der Waals surface area (Å²) in [5.41, 5.74) is -1.27. The van der Waals surface area contributed by atoms with Crippen LogP contribution in [-0.4, -0.2) is 36.4 Å². The van der Waals surface area contributed by atoms with Crippen LogP contribution in [-0.2, 0) is 9.53 Å². The molecule has 0 heterocycles. The fraction of sp³-hybridized carbons (Fsp3) is 0.909. The molecule has 0 amide bonds. The molecule has 0 atom stereocenters. The van der Waals surface area contributed by atoms with Gasteiger partial charge in [-0.15, -0.1) is 0 Å². The molecule has 0 bridgehead atoms. The lowest BCUT2D eigenvalue weighted by Crippen LogP contribution is -2.55. The predicted molar refractivity (Wildman–Crippen MR) is 60.0 cm³/mol. The number of ether oxygens (including phenoxy) is 1. The summed E-state index contributed by atoms with van der Waals surface area (Å²) in [5, 5.41) is 12.3. The molecular weight excluding hydrogens is 194 g/mol. The Balaban J connectivity index is 4.22. The summed E-state index contributed by atoms with van der Waals surface area (Å²) in [4.78, 5) is 11.1. The summed E-state index contributed by atoms with van der Waals surface area (Å²) >= 11 is 0. The van der Waals surface area contributed by atoms with Crippen molar-refractivity contribution in [1.82, 2.24) is 5.32 Å². The van der Waals surface area contributed by atoms with Gasteiger partial charge >= 0.3 is 5.97 Å². The van der Waals surface area contributed by atoms with Crippen LogP contribution in [0.5, 0.6) is 0 Å². The third-order valence-electron chi connectivity index (χ3n) is 3.11. The number of carboxylic acid groups (broad SMARTS) is 1. The van der Waals surface area contributed by atoms with Gasteiger partial charge in [0, 0.05) is 18.7 Å². The molecule has 90 valence electrons. The lowest BCUT2D eigenvalue weighted by Gasteiger charge is -2.39. The Hall–Kier alpha value is -0.610. The second-order valence-corrected chi connectivity index (χ2v) is 4.68. The van der Waals surface area contributed by atoms with Crippen molar-refractivity contribution < 1.29 is 14.6 Å². The maximum Gasteiger partial charge on any atom is 0.310 e. The number of nitrogens with one attached hydrogen (secondary N) is 1. The highest BCUT2D eigenvalue weighted by Crippen LogP contribution is 2.30. The molecule has 0 saturated heterocycles. The lowest BCUT2D eigenvalue weighted by atomic mass is 9.74. The van der Waals surface area contributed by atoms with Crippen molar-refractivity contribution in [2.75, 3.05) is 19.8 Å².